The highest BCUT2D eigenvalue weighted by Crippen LogP contribution is 2.57. The molecule has 6 aromatic rings. The van der Waals surface area contributed by atoms with E-state index < -0.39 is 0 Å². The molecule has 6 aromatic carbocycles. The number of anilines is 6. The van der Waals surface area contributed by atoms with Gasteiger partial charge in [-0.1, -0.05) is 113 Å². The molecule has 0 N–H and O–H groups in total. The van der Waals surface area contributed by atoms with Gasteiger partial charge in [0.05, 0.1) is 17.1 Å². The summed E-state index contributed by atoms with van der Waals surface area (Å²) in [6.07, 6.45) is 8.76. The summed E-state index contributed by atoms with van der Waals surface area (Å²) in [5.41, 5.74) is 16.9. The highest BCUT2D eigenvalue weighted by Gasteiger charge is 2.48. The highest BCUT2D eigenvalue weighted by molar-refractivity contribution is 6.99. The Labute approximate surface area is 333 Å². The molecular formula is C52H51BN2O. The maximum Gasteiger partial charge on any atom is 0.256 e. The quantitative estimate of drug-likeness (QED) is 0.158. The van der Waals surface area contributed by atoms with Gasteiger partial charge in [0.25, 0.3) is 6.71 Å². The molecule has 2 fully saturated rings. The van der Waals surface area contributed by atoms with Crippen molar-refractivity contribution in [1.29, 1.82) is 0 Å². The number of nitrogens with zero attached hydrogens (tertiary/aromatic N) is 2. The molecule has 0 aromatic heterocycles. The van der Waals surface area contributed by atoms with Crippen molar-refractivity contribution < 1.29 is 4.74 Å². The van der Waals surface area contributed by atoms with E-state index in [9.17, 15) is 0 Å². The van der Waals surface area contributed by atoms with E-state index in [0.29, 0.717) is 5.41 Å². The Hall–Kier alpha value is -5.22. The van der Waals surface area contributed by atoms with Crippen molar-refractivity contribution in [1.82, 2.24) is 0 Å². The molecule has 0 radical (unpaired) electrons. The lowest BCUT2D eigenvalue weighted by molar-refractivity contribution is 0.415. The van der Waals surface area contributed by atoms with E-state index in [1.54, 1.807) is 0 Å². The third kappa shape index (κ3) is 4.71. The molecule has 2 aliphatic carbocycles. The average Bonchev–Trinajstić information content (AvgIpc) is 3.87. The minimum atomic E-state index is -0.0977. The van der Waals surface area contributed by atoms with Gasteiger partial charge in [0.2, 0.25) is 0 Å². The molecule has 0 spiro atoms. The predicted molar refractivity (Wildman–Crippen MR) is 235 cm³/mol. The first-order valence-corrected chi connectivity index (χ1v) is 21.2. The van der Waals surface area contributed by atoms with Crippen LogP contribution in [0.3, 0.4) is 0 Å². The van der Waals surface area contributed by atoms with Crippen LogP contribution >= 0.6 is 0 Å². The summed E-state index contributed by atoms with van der Waals surface area (Å²) < 4.78 is 7.34. The van der Waals surface area contributed by atoms with Crippen LogP contribution in [0.1, 0.15) is 102 Å². The van der Waals surface area contributed by atoms with Gasteiger partial charge in [0.1, 0.15) is 11.5 Å². The van der Waals surface area contributed by atoms with Crippen LogP contribution in [0, 0.1) is 5.92 Å². The highest BCUT2D eigenvalue weighted by atomic mass is 16.5. The third-order valence-corrected chi connectivity index (χ3v) is 15.2. The van der Waals surface area contributed by atoms with Gasteiger partial charge in [-0.05, 0) is 143 Å². The fourth-order valence-corrected chi connectivity index (χ4v) is 11.5. The lowest BCUT2D eigenvalue weighted by Crippen LogP contribution is -2.59. The Balaban J connectivity index is 1.19. The van der Waals surface area contributed by atoms with E-state index in [4.69, 9.17) is 4.74 Å². The minimum Gasteiger partial charge on any atom is -0.458 e. The number of ether oxygens (including phenoxy) is 1. The molecule has 4 heteroatoms. The molecule has 11 rings (SSSR count). The fourth-order valence-electron chi connectivity index (χ4n) is 11.5. The normalized spacial score (nSPS) is 20.8. The zero-order valence-electron chi connectivity index (χ0n) is 33.5. The maximum absolute atomic E-state index is 7.34. The third-order valence-electron chi connectivity index (χ3n) is 15.2. The summed E-state index contributed by atoms with van der Waals surface area (Å²) in [7, 11) is 0. The summed E-state index contributed by atoms with van der Waals surface area (Å²) in [5.74, 6) is 2.88. The molecule has 3 heterocycles. The Morgan fingerprint density at radius 2 is 1.32 bits per heavy atom. The van der Waals surface area contributed by atoms with E-state index in [2.05, 4.69) is 172 Å². The van der Waals surface area contributed by atoms with Crippen LogP contribution in [-0.2, 0) is 16.2 Å². The molecule has 5 aliphatic rings. The van der Waals surface area contributed by atoms with Crippen molar-refractivity contribution >= 4 is 57.2 Å². The molecule has 0 atom stereocenters. The first kappa shape index (κ1) is 34.1. The molecule has 2 saturated carbocycles. The number of fused-ring (bicyclic) bond motifs is 8. The monoisotopic (exact) mass is 730 g/mol. The van der Waals surface area contributed by atoms with E-state index in [0.717, 1.165) is 41.6 Å². The van der Waals surface area contributed by atoms with E-state index >= 15 is 0 Å². The van der Waals surface area contributed by atoms with Gasteiger partial charge in [0.15, 0.2) is 0 Å². The molecule has 2 bridgehead atoms. The topological polar surface area (TPSA) is 15.7 Å². The Morgan fingerprint density at radius 1 is 0.661 bits per heavy atom. The van der Waals surface area contributed by atoms with Gasteiger partial charge in [-0.25, -0.2) is 0 Å². The van der Waals surface area contributed by atoms with Gasteiger partial charge in [0, 0.05) is 28.5 Å². The second-order valence-corrected chi connectivity index (χ2v) is 18.3. The van der Waals surface area contributed by atoms with Gasteiger partial charge < -0.3 is 14.5 Å². The molecule has 278 valence electrons. The second-order valence-electron chi connectivity index (χ2n) is 18.3. The van der Waals surface area contributed by atoms with Gasteiger partial charge in [-0.3, -0.25) is 0 Å². The van der Waals surface area contributed by atoms with Crippen molar-refractivity contribution in [3.8, 4) is 11.5 Å². The van der Waals surface area contributed by atoms with Crippen molar-refractivity contribution in [2.24, 2.45) is 5.92 Å². The Bertz CT molecular complexity index is 2500. The van der Waals surface area contributed by atoms with E-state index in [1.807, 2.05) is 0 Å². The van der Waals surface area contributed by atoms with Gasteiger partial charge in [-0.15, -0.1) is 0 Å². The largest absolute Gasteiger partial charge is 0.458 e. The van der Waals surface area contributed by atoms with Crippen LogP contribution in [0.15, 0.2) is 127 Å². The first-order valence-electron chi connectivity index (χ1n) is 21.2. The number of para-hydroxylation sites is 3. The van der Waals surface area contributed by atoms with Crippen molar-refractivity contribution in [2.75, 3.05) is 9.80 Å². The molecule has 0 unspecified atom stereocenters. The molecular weight excluding hydrogens is 679 g/mol. The molecule has 56 heavy (non-hydrogen) atoms. The summed E-state index contributed by atoms with van der Waals surface area (Å²) >= 11 is 0. The second kappa shape index (κ2) is 12.1. The zero-order chi connectivity index (χ0) is 38.0. The average molecular weight is 731 g/mol. The van der Waals surface area contributed by atoms with Crippen LogP contribution in [0.5, 0.6) is 11.5 Å². The van der Waals surface area contributed by atoms with Gasteiger partial charge >= 0.3 is 0 Å². The number of rotatable bonds is 6. The Kier molecular flexibility index (Phi) is 7.39. The summed E-state index contributed by atoms with van der Waals surface area (Å²) in [6, 6.07) is 48.6. The molecule has 3 aliphatic heterocycles. The standard InChI is InChI=1S/C52H51BN2O/c1-6-50(3,4)35-21-23-41-45(29-35)54(37-15-9-8-10-16-37)46-31-38(55-43-19-13-11-17-39(43)51(5,7-2)40-18-12-14-20-44(40)55)32-48-49(46)53(41)42-24-22-36(30-47(42)56-48)52-27-25-34(33-52)26-28-52/h8-24,29-32,34H,6-7,25-28,33H2,1-5H3. The summed E-state index contributed by atoms with van der Waals surface area (Å²) in [5, 5.41) is 0. The number of hydrogen-bond acceptors (Lipinski definition) is 3. The van der Waals surface area contributed by atoms with Crippen molar-refractivity contribution in [3.63, 3.8) is 0 Å². The van der Waals surface area contributed by atoms with E-state index in [-0.39, 0.29) is 17.5 Å². The van der Waals surface area contributed by atoms with Crippen LogP contribution < -0.4 is 30.9 Å². The SMILES string of the molecule is CCC(C)(C)c1ccc2c(c1)N(c1ccccc1)c1cc(N3c4ccccc4C(C)(CC)c4ccccc43)cc3c1B2c1ccc(C24CCC(CC2)C4)cc1O3. The number of benzene rings is 6. The van der Waals surface area contributed by atoms with Crippen molar-refractivity contribution in [2.45, 2.75) is 95.8 Å². The smallest absolute Gasteiger partial charge is 0.256 e. The fraction of sp³-hybridized carbons (Fsp3) is 0.308. The molecule has 3 nitrogen and oxygen atoms in total. The summed E-state index contributed by atoms with van der Waals surface area (Å²) in [6.45, 7) is 11.9. The Morgan fingerprint density at radius 3 is 1.98 bits per heavy atom. The summed E-state index contributed by atoms with van der Waals surface area (Å²) in [4.78, 5) is 5.04. The minimum absolute atomic E-state index is 0.0417. The van der Waals surface area contributed by atoms with Crippen LogP contribution in [0.2, 0.25) is 0 Å². The van der Waals surface area contributed by atoms with Crippen LogP contribution in [-0.4, -0.2) is 6.71 Å². The van der Waals surface area contributed by atoms with Gasteiger partial charge in [-0.2, -0.15) is 0 Å². The van der Waals surface area contributed by atoms with Crippen molar-refractivity contribution in [3.05, 3.63) is 150 Å². The zero-order valence-corrected chi connectivity index (χ0v) is 33.5. The molecule has 0 amide bonds. The predicted octanol–water partition coefficient (Wildman–Crippen LogP) is 12.1. The molecule has 0 saturated heterocycles. The lowest BCUT2D eigenvalue weighted by Gasteiger charge is -2.45. The first-order chi connectivity index (χ1) is 27.2. The van der Waals surface area contributed by atoms with Crippen LogP contribution in [0.25, 0.3) is 0 Å². The van der Waals surface area contributed by atoms with E-state index in [1.165, 1.54) is 93.5 Å². The maximum atomic E-state index is 7.34. The number of hydrogen-bond donors (Lipinski definition) is 0. The lowest BCUT2D eigenvalue weighted by atomic mass is 9.34. The van der Waals surface area contributed by atoms with Crippen LogP contribution in [0.4, 0.5) is 34.1 Å².